The summed E-state index contributed by atoms with van der Waals surface area (Å²) in [6, 6.07) is 12.2. The Labute approximate surface area is 142 Å². The van der Waals surface area contributed by atoms with Crippen LogP contribution in [0.3, 0.4) is 0 Å². The third-order valence-electron chi connectivity index (χ3n) is 3.79. The Bertz CT molecular complexity index is 942. The first kappa shape index (κ1) is 16.7. The van der Waals surface area contributed by atoms with Gasteiger partial charge >= 0.3 is 0 Å². The molecule has 0 bridgehead atoms. The summed E-state index contributed by atoms with van der Waals surface area (Å²) in [6.45, 7) is 1.53. The second kappa shape index (κ2) is 6.79. The van der Waals surface area contributed by atoms with Crippen LogP contribution in [0.1, 0.15) is 23.1 Å². The molecule has 0 aliphatic carbocycles. The fraction of sp³-hybridized carbons (Fsp3) is 0.167. The standard InChI is InChI=1S/C18H14F2N4O/c1-11-22-18(13-5-2-4-12(8-13)9-21)23-24(11)10-16(25)17-14(19)6-3-7-15(17)20/h2-8,16,25H,10H2,1H3. The molecular weight excluding hydrogens is 326 g/mol. The third kappa shape index (κ3) is 3.39. The minimum absolute atomic E-state index is 0.144. The van der Waals surface area contributed by atoms with Gasteiger partial charge in [0.05, 0.1) is 23.7 Å². The molecule has 0 aliphatic rings. The van der Waals surface area contributed by atoms with Gasteiger partial charge in [0, 0.05) is 5.56 Å². The van der Waals surface area contributed by atoms with E-state index in [2.05, 4.69) is 10.1 Å². The van der Waals surface area contributed by atoms with Crippen molar-refractivity contribution < 1.29 is 13.9 Å². The number of aliphatic hydroxyl groups excluding tert-OH is 1. The maximum atomic E-state index is 13.8. The molecule has 0 aliphatic heterocycles. The lowest BCUT2D eigenvalue weighted by Gasteiger charge is -2.13. The van der Waals surface area contributed by atoms with E-state index in [1.807, 2.05) is 6.07 Å². The molecule has 0 radical (unpaired) electrons. The van der Waals surface area contributed by atoms with Gasteiger partial charge < -0.3 is 5.11 Å². The fourth-order valence-electron chi connectivity index (χ4n) is 2.53. The first-order valence-electron chi connectivity index (χ1n) is 7.53. The highest BCUT2D eigenvalue weighted by molar-refractivity contribution is 5.57. The molecular formula is C18H14F2N4O. The molecule has 2 aromatic carbocycles. The summed E-state index contributed by atoms with van der Waals surface area (Å²) in [6.07, 6.45) is -1.40. The molecule has 5 nitrogen and oxygen atoms in total. The van der Waals surface area contributed by atoms with E-state index in [9.17, 15) is 13.9 Å². The highest BCUT2D eigenvalue weighted by Crippen LogP contribution is 2.23. The third-order valence-corrected chi connectivity index (χ3v) is 3.79. The van der Waals surface area contributed by atoms with Crippen molar-refractivity contribution in [2.45, 2.75) is 19.6 Å². The van der Waals surface area contributed by atoms with Crippen LogP contribution in [-0.4, -0.2) is 19.9 Å². The molecule has 1 atom stereocenters. The Morgan fingerprint density at radius 2 is 1.88 bits per heavy atom. The van der Waals surface area contributed by atoms with Gasteiger partial charge in [-0.1, -0.05) is 18.2 Å². The van der Waals surface area contributed by atoms with Crippen molar-refractivity contribution in [3.05, 3.63) is 71.1 Å². The van der Waals surface area contributed by atoms with Crippen molar-refractivity contribution >= 4 is 0 Å². The number of aliphatic hydroxyl groups is 1. The molecule has 126 valence electrons. The van der Waals surface area contributed by atoms with Crippen LogP contribution in [0.2, 0.25) is 0 Å². The number of aryl methyl sites for hydroxylation is 1. The average molecular weight is 340 g/mol. The number of rotatable bonds is 4. The molecule has 1 N–H and O–H groups in total. The SMILES string of the molecule is Cc1nc(-c2cccc(C#N)c2)nn1CC(O)c1c(F)cccc1F. The summed E-state index contributed by atoms with van der Waals surface area (Å²) >= 11 is 0. The summed E-state index contributed by atoms with van der Waals surface area (Å²) in [7, 11) is 0. The lowest BCUT2D eigenvalue weighted by molar-refractivity contribution is 0.141. The molecule has 1 aromatic heterocycles. The van der Waals surface area contributed by atoms with E-state index < -0.39 is 23.3 Å². The summed E-state index contributed by atoms with van der Waals surface area (Å²) in [5.74, 6) is -0.775. The monoisotopic (exact) mass is 340 g/mol. The minimum Gasteiger partial charge on any atom is -0.386 e. The van der Waals surface area contributed by atoms with Crippen LogP contribution in [0.4, 0.5) is 8.78 Å². The fourth-order valence-corrected chi connectivity index (χ4v) is 2.53. The van der Waals surface area contributed by atoms with Gasteiger partial charge in [-0.2, -0.15) is 10.4 Å². The van der Waals surface area contributed by atoms with Crippen molar-refractivity contribution in [2.24, 2.45) is 0 Å². The lowest BCUT2D eigenvalue weighted by atomic mass is 10.1. The van der Waals surface area contributed by atoms with Crippen LogP contribution in [0.15, 0.2) is 42.5 Å². The minimum atomic E-state index is -1.40. The molecule has 0 saturated carbocycles. The van der Waals surface area contributed by atoms with Crippen molar-refractivity contribution in [2.75, 3.05) is 0 Å². The molecule has 0 amide bonds. The van der Waals surface area contributed by atoms with Crippen LogP contribution in [0.5, 0.6) is 0 Å². The van der Waals surface area contributed by atoms with E-state index in [-0.39, 0.29) is 6.54 Å². The van der Waals surface area contributed by atoms with Gasteiger partial charge in [0.25, 0.3) is 0 Å². The summed E-state index contributed by atoms with van der Waals surface area (Å²) < 4.78 is 28.9. The molecule has 7 heteroatoms. The molecule has 1 unspecified atom stereocenters. The average Bonchev–Trinajstić information content (AvgIpc) is 2.95. The largest absolute Gasteiger partial charge is 0.386 e. The molecule has 1 heterocycles. The predicted molar refractivity (Wildman–Crippen MR) is 86.2 cm³/mol. The lowest BCUT2D eigenvalue weighted by Crippen LogP contribution is -2.14. The molecule has 3 rings (SSSR count). The van der Waals surface area contributed by atoms with E-state index >= 15 is 0 Å². The van der Waals surface area contributed by atoms with Crippen molar-refractivity contribution in [1.29, 1.82) is 5.26 Å². The topological polar surface area (TPSA) is 74.7 Å². The van der Waals surface area contributed by atoms with Crippen LogP contribution < -0.4 is 0 Å². The summed E-state index contributed by atoms with van der Waals surface area (Å²) in [4.78, 5) is 4.29. The predicted octanol–water partition coefficient (Wildman–Crippen LogP) is 3.14. The zero-order valence-electron chi connectivity index (χ0n) is 13.3. The van der Waals surface area contributed by atoms with Crippen LogP contribution in [0.25, 0.3) is 11.4 Å². The molecule has 0 spiro atoms. The Morgan fingerprint density at radius 3 is 2.56 bits per heavy atom. The van der Waals surface area contributed by atoms with Crippen molar-refractivity contribution in [1.82, 2.24) is 14.8 Å². The van der Waals surface area contributed by atoms with E-state index in [0.29, 0.717) is 22.8 Å². The maximum absolute atomic E-state index is 13.8. The normalized spacial score (nSPS) is 12.0. The van der Waals surface area contributed by atoms with E-state index in [1.165, 1.54) is 10.7 Å². The van der Waals surface area contributed by atoms with Crippen molar-refractivity contribution in [3.63, 3.8) is 0 Å². The van der Waals surface area contributed by atoms with Crippen molar-refractivity contribution in [3.8, 4) is 17.5 Å². The number of nitriles is 1. The maximum Gasteiger partial charge on any atom is 0.181 e. The Hall–Kier alpha value is -3.11. The highest BCUT2D eigenvalue weighted by atomic mass is 19.1. The van der Waals surface area contributed by atoms with Gasteiger partial charge in [-0.25, -0.2) is 18.4 Å². The number of benzene rings is 2. The van der Waals surface area contributed by atoms with Crippen LogP contribution in [-0.2, 0) is 6.54 Å². The Balaban J connectivity index is 1.89. The summed E-state index contributed by atoms with van der Waals surface area (Å²) in [5, 5.41) is 23.4. The number of hydrogen-bond acceptors (Lipinski definition) is 4. The number of halogens is 2. The van der Waals surface area contributed by atoms with Gasteiger partial charge in [-0.15, -0.1) is 0 Å². The summed E-state index contributed by atoms with van der Waals surface area (Å²) in [5.41, 5.74) is 0.720. The van der Waals surface area contributed by atoms with Gasteiger partial charge in [-0.3, -0.25) is 0 Å². The van der Waals surface area contributed by atoms with Gasteiger partial charge in [-0.05, 0) is 31.2 Å². The first-order valence-corrected chi connectivity index (χ1v) is 7.53. The van der Waals surface area contributed by atoms with E-state index in [4.69, 9.17) is 5.26 Å². The smallest absolute Gasteiger partial charge is 0.181 e. The quantitative estimate of drug-likeness (QED) is 0.792. The number of aromatic nitrogens is 3. The number of hydrogen-bond donors (Lipinski definition) is 1. The molecule has 0 saturated heterocycles. The Morgan fingerprint density at radius 1 is 1.20 bits per heavy atom. The second-order valence-corrected chi connectivity index (χ2v) is 5.51. The zero-order valence-corrected chi connectivity index (χ0v) is 13.3. The van der Waals surface area contributed by atoms with Crippen LogP contribution >= 0.6 is 0 Å². The number of nitrogens with zero attached hydrogens (tertiary/aromatic N) is 4. The second-order valence-electron chi connectivity index (χ2n) is 5.51. The van der Waals surface area contributed by atoms with Crippen LogP contribution in [0, 0.1) is 29.9 Å². The highest BCUT2D eigenvalue weighted by Gasteiger charge is 2.20. The first-order chi connectivity index (χ1) is 12.0. The van der Waals surface area contributed by atoms with Gasteiger partial charge in [0.2, 0.25) is 0 Å². The van der Waals surface area contributed by atoms with Gasteiger partial charge in [0.1, 0.15) is 23.6 Å². The molecule has 25 heavy (non-hydrogen) atoms. The zero-order chi connectivity index (χ0) is 18.0. The molecule has 3 aromatic rings. The van der Waals surface area contributed by atoms with E-state index in [1.54, 1.807) is 31.2 Å². The molecule has 0 fully saturated rings. The Kier molecular flexibility index (Phi) is 4.55. The van der Waals surface area contributed by atoms with Gasteiger partial charge in [0.15, 0.2) is 5.82 Å². The van der Waals surface area contributed by atoms with E-state index in [0.717, 1.165) is 12.1 Å².